The van der Waals surface area contributed by atoms with Crippen molar-refractivity contribution >= 4 is 15.9 Å². The van der Waals surface area contributed by atoms with Gasteiger partial charge in [-0.05, 0) is 24.8 Å². The molecule has 1 saturated heterocycles. The summed E-state index contributed by atoms with van der Waals surface area (Å²) in [5.74, 6) is 0.260. The number of nitrogens with zero attached hydrogens (tertiary/aromatic N) is 1. The summed E-state index contributed by atoms with van der Waals surface area (Å²) >= 11 is 0. The predicted molar refractivity (Wildman–Crippen MR) is 85.0 cm³/mol. The van der Waals surface area contributed by atoms with Gasteiger partial charge in [-0.25, -0.2) is 12.7 Å². The topological polar surface area (TPSA) is 66.5 Å². The van der Waals surface area contributed by atoms with Gasteiger partial charge in [0.25, 0.3) is 0 Å². The van der Waals surface area contributed by atoms with E-state index in [0.717, 1.165) is 24.8 Å². The minimum Gasteiger partial charge on any atom is -0.354 e. The van der Waals surface area contributed by atoms with Gasteiger partial charge in [-0.15, -0.1) is 0 Å². The fourth-order valence-electron chi connectivity index (χ4n) is 3.34. The molecule has 120 valence electrons. The first-order valence-electron chi connectivity index (χ1n) is 7.86. The van der Waals surface area contributed by atoms with Crippen LogP contribution in [0.4, 0.5) is 0 Å². The Balaban J connectivity index is 1.60. The second-order valence-electron chi connectivity index (χ2n) is 6.13. The number of carbonyl (C=O) groups excluding carboxylic acids is 1. The van der Waals surface area contributed by atoms with Crippen molar-refractivity contribution < 1.29 is 13.2 Å². The largest absolute Gasteiger partial charge is 0.354 e. The van der Waals surface area contributed by atoms with Crippen LogP contribution >= 0.6 is 0 Å². The maximum atomic E-state index is 12.6. The van der Waals surface area contributed by atoms with Crippen LogP contribution in [-0.4, -0.2) is 44.0 Å². The molecule has 1 saturated carbocycles. The van der Waals surface area contributed by atoms with E-state index in [0.29, 0.717) is 26.1 Å². The van der Waals surface area contributed by atoms with Gasteiger partial charge in [-0.2, -0.15) is 0 Å². The lowest BCUT2D eigenvalue weighted by Gasteiger charge is -2.40. The molecule has 0 radical (unpaired) electrons. The van der Waals surface area contributed by atoms with Gasteiger partial charge in [-0.3, -0.25) is 4.79 Å². The molecule has 2 aliphatic rings. The molecule has 0 atom stereocenters. The number of hydrogen-bond donors (Lipinski definition) is 1. The minimum atomic E-state index is -3.08. The highest BCUT2D eigenvalue weighted by Crippen LogP contribution is 2.43. The maximum Gasteiger partial charge on any atom is 0.230 e. The van der Waals surface area contributed by atoms with Gasteiger partial charge in [0.15, 0.2) is 0 Å². The Labute approximate surface area is 131 Å². The van der Waals surface area contributed by atoms with Gasteiger partial charge in [0, 0.05) is 19.6 Å². The summed E-state index contributed by atoms with van der Waals surface area (Å²) in [6.45, 7) is 1.33. The Morgan fingerprint density at radius 1 is 1.18 bits per heavy atom. The van der Waals surface area contributed by atoms with Crippen LogP contribution < -0.4 is 5.32 Å². The third-order valence-corrected chi connectivity index (χ3v) is 6.77. The van der Waals surface area contributed by atoms with Crippen molar-refractivity contribution in [3.05, 3.63) is 35.9 Å². The Bertz CT molecular complexity index is 639. The molecule has 5 nitrogen and oxygen atoms in total. The second-order valence-corrected chi connectivity index (χ2v) is 8.21. The SMILES string of the molecule is O=C(NCCN1CCCS1(=O)=O)C1(c2ccccc2)CCC1. The first-order valence-corrected chi connectivity index (χ1v) is 9.47. The number of carbonyl (C=O) groups is 1. The molecule has 2 fully saturated rings. The molecule has 1 aliphatic heterocycles. The van der Waals surface area contributed by atoms with Crippen LogP contribution in [0.5, 0.6) is 0 Å². The molecule has 0 spiro atoms. The minimum absolute atomic E-state index is 0.0292. The Morgan fingerprint density at radius 2 is 1.91 bits per heavy atom. The molecule has 3 rings (SSSR count). The summed E-state index contributed by atoms with van der Waals surface area (Å²) in [4.78, 5) is 12.6. The highest BCUT2D eigenvalue weighted by molar-refractivity contribution is 7.89. The van der Waals surface area contributed by atoms with E-state index in [4.69, 9.17) is 0 Å². The van der Waals surface area contributed by atoms with Gasteiger partial charge < -0.3 is 5.32 Å². The third-order valence-electron chi connectivity index (χ3n) is 4.82. The quantitative estimate of drug-likeness (QED) is 0.887. The van der Waals surface area contributed by atoms with E-state index in [1.54, 1.807) is 0 Å². The summed E-state index contributed by atoms with van der Waals surface area (Å²) in [6, 6.07) is 9.87. The van der Waals surface area contributed by atoms with Crippen molar-refractivity contribution in [2.24, 2.45) is 0 Å². The Morgan fingerprint density at radius 3 is 2.45 bits per heavy atom. The fraction of sp³-hybridized carbons (Fsp3) is 0.562. The van der Waals surface area contributed by atoms with Crippen molar-refractivity contribution in [3.63, 3.8) is 0 Å². The highest BCUT2D eigenvalue weighted by Gasteiger charge is 2.45. The number of rotatable bonds is 5. The van der Waals surface area contributed by atoms with Gasteiger partial charge >= 0.3 is 0 Å². The van der Waals surface area contributed by atoms with Crippen molar-refractivity contribution in [2.45, 2.75) is 31.1 Å². The van der Waals surface area contributed by atoms with E-state index < -0.39 is 15.4 Å². The number of nitrogens with one attached hydrogen (secondary N) is 1. The molecule has 0 unspecified atom stereocenters. The molecule has 0 aromatic heterocycles. The summed E-state index contributed by atoms with van der Waals surface area (Å²) < 4.78 is 24.9. The number of hydrogen-bond acceptors (Lipinski definition) is 3. The van der Waals surface area contributed by atoms with Crippen LogP contribution in [0.1, 0.15) is 31.2 Å². The molecule has 22 heavy (non-hydrogen) atoms. The van der Waals surface area contributed by atoms with E-state index >= 15 is 0 Å². The van der Waals surface area contributed by atoms with E-state index in [9.17, 15) is 13.2 Å². The third kappa shape index (κ3) is 2.77. The molecular formula is C16H22N2O3S. The normalized spacial score (nSPS) is 22.9. The molecule has 1 aromatic rings. The van der Waals surface area contributed by atoms with Crippen molar-refractivity contribution in [2.75, 3.05) is 25.4 Å². The van der Waals surface area contributed by atoms with Crippen molar-refractivity contribution in [1.29, 1.82) is 0 Å². The molecule has 1 N–H and O–H groups in total. The van der Waals surface area contributed by atoms with Gasteiger partial charge in [-0.1, -0.05) is 36.8 Å². The average molecular weight is 322 g/mol. The first kappa shape index (κ1) is 15.5. The molecule has 1 aliphatic carbocycles. The smallest absolute Gasteiger partial charge is 0.230 e. The Kier molecular flexibility index (Phi) is 4.23. The van der Waals surface area contributed by atoms with E-state index in [2.05, 4.69) is 5.32 Å². The number of benzene rings is 1. The lowest BCUT2D eigenvalue weighted by Crippen LogP contribution is -2.50. The molecule has 1 aromatic carbocycles. The number of sulfonamides is 1. The lowest BCUT2D eigenvalue weighted by atomic mass is 9.64. The first-order chi connectivity index (χ1) is 10.5. The molecule has 1 amide bonds. The second kappa shape index (κ2) is 6.01. The van der Waals surface area contributed by atoms with Crippen molar-refractivity contribution in [3.8, 4) is 0 Å². The average Bonchev–Trinajstić information content (AvgIpc) is 2.78. The predicted octanol–water partition coefficient (Wildman–Crippen LogP) is 1.26. The van der Waals surface area contributed by atoms with Gasteiger partial charge in [0.1, 0.15) is 0 Å². The maximum absolute atomic E-state index is 12.6. The summed E-state index contributed by atoms with van der Waals surface area (Å²) in [5, 5.41) is 2.94. The van der Waals surface area contributed by atoms with Crippen LogP contribution in [0.15, 0.2) is 30.3 Å². The highest BCUT2D eigenvalue weighted by atomic mass is 32.2. The molecule has 6 heteroatoms. The van der Waals surface area contributed by atoms with Crippen molar-refractivity contribution in [1.82, 2.24) is 9.62 Å². The van der Waals surface area contributed by atoms with Crippen LogP contribution in [0.3, 0.4) is 0 Å². The van der Waals surface area contributed by atoms with E-state index in [1.165, 1.54) is 4.31 Å². The molecular weight excluding hydrogens is 300 g/mol. The standard InChI is InChI=1S/C16H22N2O3S/c19-15(17-10-12-18-11-5-13-22(18,20)21)16(8-4-9-16)14-6-2-1-3-7-14/h1-3,6-7H,4-5,8-13H2,(H,17,19). The summed E-state index contributed by atoms with van der Waals surface area (Å²) in [5.41, 5.74) is 0.651. The Hall–Kier alpha value is -1.40. The van der Waals surface area contributed by atoms with Crippen LogP contribution in [0.25, 0.3) is 0 Å². The monoisotopic (exact) mass is 322 g/mol. The van der Waals surface area contributed by atoms with Crippen LogP contribution in [0, 0.1) is 0 Å². The van der Waals surface area contributed by atoms with Gasteiger partial charge in [0.05, 0.1) is 11.2 Å². The number of amides is 1. The molecule has 0 bridgehead atoms. The fourth-order valence-corrected chi connectivity index (χ4v) is 4.87. The van der Waals surface area contributed by atoms with Crippen LogP contribution in [-0.2, 0) is 20.2 Å². The lowest BCUT2D eigenvalue weighted by molar-refractivity contribution is -0.129. The van der Waals surface area contributed by atoms with E-state index in [-0.39, 0.29) is 11.7 Å². The van der Waals surface area contributed by atoms with E-state index in [1.807, 2.05) is 30.3 Å². The summed E-state index contributed by atoms with van der Waals surface area (Å²) in [7, 11) is -3.08. The zero-order valence-electron chi connectivity index (χ0n) is 12.6. The molecule has 1 heterocycles. The van der Waals surface area contributed by atoms with Crippen LogP contribution in [0.2, 0.25) is 0 Å². The zero-order valence-corrected chi connectivity index (χ0v) is 13.4. The van der Waals surface area contributed by atoms with Gasteiger partial charge in [0.2, 0.25) is 15.9 Å². The zero-order chi connectivity index (χ0) is 15.6. The summed E-state index contributed by atoms with van der Waals surface area (Å²) in [6.07, 6.45) is 3.47.